The van der Waals surface area contributed by atoms with Crippen LogP contribution in [0.4, 0.5) is 5.69 Å². The molecular formula is C11H12BrNO2. The molecule has 0 spiro atoms. The number of benzene rings is 1. The second-order valence-electron chi connectivity index (χ2n) is 3.67. The van der Waals surface area contributed by atoms with Gasteiger partial charge in [0.2, 0.25) is 5.91 Å². The molecule has 1 unspecified atom stereocenters. The van der Waals surface area contributed by atoms with E-state index in [2.05, 4.69) is 15.9 Å². The average Bonchev–Trinajstić information content (AvgIpc) is 2.20. The zero-order chi connectivity index (χ0) is 10.8. The van der Waals surface area contributed by atoms with Crippen molar-refractivity contribution in [2.75, 3.05) is 11.4 Å². The molecule has 1 aromatic carbocycles. The summed E-state index contributed by atoms with van der Waals surface area (Å²) in [4.78, 5) is 13.4. The lowest BCUT2D eigenvalue weighted by Crippen LogP contribution is -2.40. The quantitative estimate of drug-likeness (QED) is 0.847. The highest BCUT2D eigenvalue weighted by atomic mass is 79.9. The van der Waals surface area contributed by atoms with E-state index in [0.29, 0.717) is 13.0 Å². The lowest BCUT2D eigenvalue weighted by atomic mass is 10.1. The largest absolute Gasteiger partial charge is 0.393 e. The van der Waals surface area contributed by atoms with Gasteiger partial charge in [0.05, 0.1) is 12.5 Å². The van der Waals surface area contributed by atoms with E-state index in [1.807, 2.05) is 24.3 Å². The Morgan fingerprint density at radius 1 is 1.33 bits per heavy atom. The number of halogens is 1. The standard InChI is InChI=1S/C11H12BrNO2/c12-8-1-3-9(4-2-8)13-6-5-10(14)7-11(13)15/h1-4,10,14H,5-7H2. The number of piperidine rings is 1. The van der Waals surface area contributed by atoms with Crippen molar-refractivity contribution in [3.8, 4) is 0 Å². The summed E-state index contributed by atoms with van der Waals surface area (Å²) < 4.78 is 0.996. The molecular weight excluding hydrogens is 258 g/mol. The molecule has 0 aromatic heterocycles. The highest BCUT2D eigenvalue weighted by molar-refractivity contribution is 9.10. The van der Waals surface area contributed by atoms with E-state index in [-0.39, 0.29) is 12.3 Å². The molecule has 3 nitrogen and oxygen atoms in total. The third-order valence-electron chi connectivity index (χ3n) is 2.54. The minimum Gasteiger partial charge on any atom is -0.393 e. The van der Waals surface area contributed by atoms with Gasteiger partial charge in [-0.3, -0.25) is 4.79 Å². The molecule has 1 aliphatic heterocycles. The maximum Gasteiger partial charge on any atom is 0.229 e. The molecule has 1 saturated heterocycles. The number of hydrogen-bond donors (Lipinski definition) is 1. The smallest absolute Gasteiger partial charge is 0.229 e. The summed E-state index contributed by atoms with van der Waals surface area (Å²) in [6, 6.07) is 7.63. The van der Waals surface area contributed by atoms with Gasteiger partial charge in [-0.1, -0.05) is 15.9 Å². The first-order chi connectivity index (χ1) is 7.16. The van der Waals surface area contributed by atoms with Crippen molar-refractivity contribution < 1.29 is 9.90 Å². The van der Waals surface area contributed by atoms with Crippen LogP contribution in [0.15, 0.2) is 28.7 Å². The fraction of sp³-hybridized carbons (Fsp3) is 0.364. The Kier molecular flexibility index (Phi) is 3.07. The van der Waals surface area contributed by atoms with Crippen molar-refractivity contribution in [3.05, 3.63) is 28.7 Å². The molecule has 1 aromatic rings. The lowest BCUT2D eigenvalue weighted by Gasteiger charge is -2.29. The molecule has 4 heteroatoms. The SMILES string of the molecule is O=C1CC(O)CCN1c1ccc(Br)cc1. The van der Waals surface area contributed by atoms with Crippen LogP contribution >= 0.6 is 15.9 Å². The van der Waals surface area contributed by atoms with E-state index >= 15 is 0 Å². The van der Waals surface area contributed by atoms with Crippen molar-refractivity contribution in [1.29, 1.82) is 0 Å². The van der Waals surface area contributed by atoms with Gasteiger partial charge in [-0.25, -0.2) is 0 Å². The number of carbonyl (C=O) groups is 1. The minimum absolute atomic E-state index is 0.00364. The highest BCUT2D eigenvalue weighted by Crippen LogP contribution is 2.22. The molecule has 2 rings (SSSR count). The summed E-state index contributed by atoms with van der Waals surface area (Å²) in [5, 5.41) is 9.33. The third-order valence-corrected chi connectivity index (χ3v) is 3.06. The maximum absolute atomic E-state index is 11.6. The van der Waals surface area contributed by atoms with Gasteiger partial charge < -0.3 is 10.0 Å². The van der Waals surface area contributed by atoms with Gasteiger partial charge in [-0.15, -0.1) is 0 Å². The van der Waals surface area contributed by atoms with E-state index in [4.69, 9.17) is 0 Å². The summed E-state index contributed by atoms with van der Waals surface area (Å²) in [6.07, 6.45) is 0.418. The molecule has 1 N–H and O–H groups in total. The summed E-state index contributed by atoms with van der Waals surface area (Å²) in [7, 11) is 0. The van der Waals surface area contributed by atoms with Crippen molar-refractivity contribution in [3.63, 3.8) is 0 Å². The fourth-order valence-corrected chi connectivity index (χ4v) is 1.98. The Hall–Kier alpha value is -0.870. The molecule has 15 heavy (non-hydrogen) atoms. The van der Waals surface area contributed by atoms with Crippen LogP contribution in [0.1, 0.15) is 12.8 Å². The van der Waals surface area contributed by atoms with Crippen LogP contribution in [0.2, 0.25) is 0 Å². The van der Waals surface area contributed by atoms with Crippen molar-refractivity contribution >= 4 is 27.5 Å². The van der Waals surface area contributed by atoms with Crippen LogP contribution < -0.4 is 4.90 Å². The van der Waals surface area contributed by atoms with Gasteiger partial charge in [0, 0.05) is 16.7 Å². The molecule has 0 aliphatic carbocycles. The molecule has 1 heterocycles. The number of carbonyl (C=O) groups excluding carboxylic acids is 1. The molecule has 1 fully saturated rings. The van der Waals surface area contributed by atoms with Crippen LogP contribution in [0.25, 0.3) is 0 Å². The highest BCUT2D eigenvalue weighted by Gasteiger charge is 2.24. The first-order valence-corrected chi connectivity index (χ1v) is 5.70. The van der Waals surface area contributed by atoms with Crippen LogP contribution in [0.3, 0.4) is 0 Å². The zero-order valence-electron chi connectivity index (χ0n) is 8.19. The number of hydrogen-bond acceptors (Lipinski definition) is 2. The number of rotatable bonds is 1. The number of anilines is 1. The molecule has 1 aliphatic rings. The Bertz CT molecular complexity index is 363. The summed E-state index contributed by atoms with van der Waals surface area (Å²) in [5.41, 5.74) is 0.898. The van der Waals surface area contributed by atoms with Crippen LogP contribution in [0, 0.1) is 0 Å². The number of aliphatic hydroxyl groups excluding tert-OH is 1. The minimum atomic E-state index is -0.468. The normalized spacial score (nSPS) is 21.9. The molecule has 1 amide bonds. The summed E-state index contributed by atoms with van der Waals surface area (Å²) in [6.45, 7) is 0.599. The van der Waals surface area contributed by atoms with Crippen LogP contribution in [-0.4, -0.2) is 23.7 Å². The van der Waals surface area contributed by atoms with Gasteiger partial charge >= 0.3 is 0 Å². The Labute approximate surface area is 96.8 Å². The zero-order valence-corrected chi connectivity index (χ0v) is 9.77. The van der Waals surface area contributed by atoms with Gasteiger partial charge in [0.25, 0.3) is 0 Å². The number of amides is 1. The lowest BCUT2D eigenvalue weighted by molar-refractivity contribution is -0.122. The van der Waals surface area contributed by atoms with E-state index in [1.54, 1.807) is 4.90 Å². The van der Waals surface area contributed by atoms with Gasteiger partial charge in [0.15, 0.2) is 0 Å². The third kappa shape index (κ3) is 2.38. The fourth-order valence-electron chi connectivity index (χ4n) is 1.71. The number of nitrogens with zero attached hydrogens (tertiary/aromatic N) is 1. The predicted molar refractivity (Wildman–Crippen MR) is 61.7 cm³/mol. The molecule has 0 radical (unpaired) electrons. The Balaban J connectivity index is 2.17. The van der Waals surface area contributed by atoms with Gasteiger partial charge in [0.1, 0.15) is 0 Å². The summed E-state index contributed by atoms with van der Waals surface area (Å²) in [5.74, 6) is -0.00364. The van der Waals surface area contributed by atoms with E-state index in [9.17, 15) is 9.90 Å². The average molecular weight is 270 g/mol. The second kappa shape index (κ2) is 4.33. The number of aliphatic hydroxyl groups is 1. The van der Waals surface area contributed by atoms with Gasteiger partial charge in [-0.05, 0) is 30.7 Å². The molecule has 1 atom stereocenters. The van der Waals surface area contributed by atoms with Crippen LogP contribution in [0.5, 0.6) is 0 Å². The predicted octanol–water partition coefficient (Wildman–Crippen LogP) is 1.94. The van der Waals surface area contributed by atoms with E-state index < -0.39 is 6.10 Å². The maximum atomic E-state index is 11.6. The van der Waals surface area contributed by atoms with Crippen molar-refractivity contribution in [2.45, 2.75) is 18.9 Å². The monoisotopic (exact) mass is 269 g/mol. The first kappa shape index (κ1) is 10.6. The second-order valence-corrected chi connectivity index (χ2v) is 4.58. The molecule has 80 valence electrons. The van der Waals surface area contributed by atoms with Crippen molar-refractivity contribution in [2.24, 2.45) is 0 Å². The Morgan fingerprint density at radius 2 is 2.00 bits per heavy atom. The van der Waals surface area contributed by atoms with Crippen molar-refractivity contribution in [1.82, 2.24) is 0 Å². The van der Waals surface area contributed by atoms with Crippen LogP contribution in [-0.2, 0) is 4.79 Å². The topological polar surface area (TPSA) is 40.5 Å². The molecule has 0 saturated carbocycles. The van der Waals surface area contributed by atoms with E-state index in [0.717, 1.165) is 10.2 Å². The first-order valence-electron chi connectivity index (χ1n) is 4.91. The Morgan fingerprint density at radius 3 is 2.60 bits per heavy atom. The summed E-state index contributed by atoms with van der Waals surface area (Å²) >= 11 is 3.35. The van der Waals surface area contributed by atoms with Gasteiger partial charge in [-0.2, -0.15) is 0 Å². The molecule has 0 bridgehead atoms. The van der Waals surface area contributed by atoms with E-state index in [1.165, 1.54) is 0 Å².